The first-order chi connectivity index (χ1) is 7.58. The van der Waals surface area contributed by atoms with Crippen molar-refractivity contribution in [3.8, 4) is 5.88 Å². The van der Waals surface area contributed by atoms with E-state index in [0.29, 0.717) is 5.88 Å². The molecule has 0 amide bonds. The summed E-state index contributed by atoms with van der Waals surface area (Å²) in [6.07, 6.45) is 0. The molecular weight excluding hydrogens is 208 g/mol. The molecule has 1 N–H and O–H groups in total. The van der Waals surface area contributed by atoms with Gasteiger partial charge in [0, 0.05) is 7.05 Å². The number of fused-ring (bicyclic) bond motifs is 1. The number of carboxylic acids is 1. The van der Waals surface area contributed by atoms with Crippen molar-refractivity contribution < 1.29 is 14.6 Å². The highest BCUT2D eigenvalue weighted by atomic mass is 16.5. The molecular formula is C11H12N2O3. The van der Waals surface area contributed by atoms with Gasteiger partial charge in [-0.05, 0) is 19.1 Å². The van der Waals surface area contributed by atoms with Gasteiger partial charge in [-0.1, -0.05) is 11.6 Å². The van der Waals surface area contributed by atoms with E-state index in [1.54, 1.807) is 11.7 Å². The second-order valence-corrected chi connectivity index (χ2v) is 3.63. The minimum Gasteiger partial charge on any atom is -0.479 e. The van der Waals surface area contributed by atoms with Crippen LogP contribution in [-0.4, -0.2) is 27.5 Å². The predicted molar refractivity (Wildman–Crippen MR) is 58.6 cm³/mol. The van der Waals surface area contributed by atoms with E-state index in [-0.39, 0.29) is 6.61 Å². The number of aliphatic carboxylic acids is 1. The van der Waals surface area contributed by atoms with Crippen LogP contribution in [0.5, 0.6) is 5.88 Å². The molecule has 84 valence electrons. The lowest BCUT2D eigenvalue weighted by atomic mass is 10.2. The van der Waals surface area contributed by atoms with Crippen molar-refractivity contribution >= 4 is 16.9 Å². The Labute approximate surface area is 92.2 Å². The first-order valence-corrected chi connectivity index (χ1v) is 4.86. The van der Waals surface area contributed by atoms with Gasteiger partial charge >= 0.3 is 5.97 Å². The van der Waals surface area contributed by atoms with Crippen LogP contribution in [0.2, 0.25) is 0 Å². The molecule has 0 aliphatic carbocycles. The maximum Gasteiger partial charge on any atom is 0.341 e. The third kappa shape index (κ3) is 1.84. The van der Waals surface area contributed by atoms with E-state index < -0.39 is 5.97 Å². The second-order valence-electron chi connectivity index (χ2n) is 3.63. The SMILES string of the molecule is Cc1ccc2c(c1)c(OCC(=O)O)nn2C. The Morgan fingerprint density at radius 2 is 2.31 bits per heavy atom. The number of benzene rings is 1. The number of hydrogen-bond donors (Lipinski definition) is 1. The smallest absolute Gasteiger partial charge is 0.341 e. The summed E-state index contributed by atoms with van der Waals surface area (Å²) in [5.41, 5.74) is 2.01. The number of nitrogens with zero attached hydrogens (tertiary/aromatic N) is 2. The molecule has 0 atom stereocenters. The normalized spacial score (nSPS) is 10.6. The summed E-state index contributed by atoms with van der Waals surface area (Å²) in [4.78, 5) is 10.4. The number of carbonyl (C=O) groups is 1. The second kappa shape index (κ2) is 3.84. The van der Waals surface area contributed by atoms with E-state index in [9.17, 15) is 4.79 Å². The number of ether oxygens (including phenoxy) is 1. The Balaban J connectivity index is 2.44. The van der Waals surface area contributed by atoms with Crippen molar-refractivity contribution in [3.63, 3.8) is 0 Å². The number of rotatable bonds is 3. The van der Waals surface area contributed by atoms with Gasteiger partial charge in [-0.3, -0.25) is 4.68 Å². The highest BCUT2D eigenvalue weighted by Crippen LogP contribution is 2.25. The van der Waals surface area contributed by atoms with Gasteiger partial charge in [0.05, 0.1) is 10.9 Å². The summed E-state index contributed by atoms with van der Waals surface area (Å²) in [7, 11) is 1.80. The lowest BCUT2D eigenvalue weighted by molar-refractivity contribution is -0.139. The molecule has 5 heteroatoms. The van der Waals surface area contributed by atoms with Crippen molar-refractivity contribution in [2.45, 2.75) is 6.92 Å². The molecule has 5 nitrogen and oxygen atoms in total. The van der Waals surface area contributed by atoms with Crippen LogP contribution in [0.15, 0.2) is 18.2 Å². The third-order valence-corrected chi connectivity index (χ3v) is 2.30. The van der Waals surface area contributed by atoms with Crippen molar-refractivity contribution in [2.24, 2.45) is 7.05 Å². The Hall–Kier alpha value is -2.04. The summed E-state index contributed by atoms with van der Waals surface area (Å²) < 4.78 is 6.80. The van der Waals surface area contributed by atoms with Crippen LogP contribution < -0.4 is 4.74 Å². The molecule has 2 aromatic rings. The molecule has 1 aromatic carbocycles. The zero-order chi connectivity index (χ0) is 11.7. The van der Waals surface area contributed by atoms with Gasteiger partial charge in [-0.15, -0.1) is 5.10 Å². The standard InChI is InChI=1S/C11H12N2O3/c1-7-3-4-9-8(5-7)11(12-13(9)2)16-6-10(14)15/h3-5H,6H2,1-2H3,(H,14,15). The number of carboxylic acid groups (broad SMARTS) is 1. The largest absolute Gasteiger partial charge is 0.479 e. The van der Waals surface area contributed by atoms with Gasteiger partial charge in [0.15, 0.2) is 6.61 Å². The van der Waals surface area contributed by atoms with Crippen LogP contribution in [-0.2, 0) is 11.8 Å². The average molecular weight is 220 g/mol. The lowest BCUT2D eigenvalue weighted by Gasteiger charge is -1.98. The quantitative estimate of drug-likeness (QED) is 0.847. The zero-order valence-electron chi connectivity index (χ0n) is 9.10. The molecule has 1 aromatic heterocycles. The first kappa shape index (κ1) is 10.5. The molecule has 0 radical (unpaired) electrons. The Morgan fingerprint density at radius 1 is 1.56 bits per heavy atom. The maximum atomic E-state index is 10.4. The Kier molecular flexibility index (Phi) is 2.52. The molecule has 0 aliphatic heterocycles. The maximum absolute atomic E-state index is 10.4. The number of aryl methyl sites for hydroxylation is 2. The van der Waals surface area contributed by atoms with Gasteiger partial charge in [-0.25, -0.2) is 4.79 Å². The Morgan fingerprint density at radius 3 is 3.00 bits per heavy atom. The van der Waals surface area contributed by atoms with Crippen molar-refractivity contribution in [1.29, 1.82) is 0 Å². The predicted octanol–water partition coefficient (Wildman–Crippen LogP) is 1.35. The van der Waals surface area contributed by atoms with Gasteiger partial charge in [-0.2, -0.15) is 0 Å². The minimum absolute atomic E-state index is 0.364. The zero-order valence-corrected chi connectivity index (χ0v) is 9.10. The highest BCUT2D eigenvalue weighted by molar-refractivity contribution is 5.85. The topological polar surface area (TPSA) is 64.3 Å². The molecule has 16 heavy (non-hydrogen) atoms. The fourth-order valence-electron chi connectivity index (χ4n) is 1.58. The van der Waals surface area contributed by atoms with E-state index >= 15 is 0 Å². The third-order valence-electron chi connectivity index (χ3n) is 2.30. The van der Waals surface area contributed by atoms with Crippen molar-refractivity contribution in [2.75, 3.05) is 6.61 Å². The van der Waals surface area contributed by atoms with E-state index in [4.69, 9.17) is 9.84 Å². The van der Waals surface area contributed by atoms with Gasteiger partial charge in [0.25, 0.3) is 0 Å². The van der Waals surface area contributed by atoms with Crippen LogP contribution in [0.1, 0.15) is 5.56 Å². The summed E-state index contributed by atoms with van der Waals surface area (Å²) in [6, 6.07) is 5.84. The van der Waals surface area contributed by atoms with E-state index in [2.05, 4.69) is 5.10 Å². The van der Waals surface area contributed by atoms with Gasteiger partial charge < -0.3 is 9.84 Å². The molecule has 0 fully saturated rings. The van der Waals surface area contributed by atoms with Crippen LogP contribution in [0.25, 0.3) is 10.9 Å². The minimum atomic E-state index is -1.01. The number of hydrogen-bond acceptors (Lipinski definition) is 3. The summed E-state index contributed by atoms with van der Waals surface area (Å²) >= 11 is 0. The molecule has 1 heterocycles. The molecule has 0 saturated heterocycles. The van der Waals surface area contributed by atoms with Crippen LogP contribution >= 0.6 is 0 Å². The van der Waals surface area contributed by atoms with E-state index in [1.165, 1.54) is 0 Å². The lowest BCUT2D eigenvalue weighted by Crippen LogP contribution is -2.09. The molecule has 0 spiro atoms. The van der Waals surface area contributed by atoms with Crippen LogP contribution in [0.3, 0.4) is 0 Å². The van der Waals surface area contributed by atoms with Crippen LogP contribution in [0.4, 0.5) is 0 Å². The van der Waals surface area contributed by atoms with E-state index in [1.807, 2.05) is 25.1 Å². The van der Waals surface area contributed by atoms with Gasteiger partial charge in [0.1, 0.15) is 0 Å². The van der Waals surface area contributed by atoms with Crippen molar-refractivity contribution in [1.82, 2.24) is 9.78 Å². The first-order valence-electron chi connectivity index (χ1n) is 4.86. The van der Waals surface area contributed by atoms with Crippen LogP contribution in [0, 0.1) is 6.92 Å². The number of aromatic nitrogens is 2. The average Bonchev–Trinajstić information content (AvgIpc) is 2.52. The molecule has 2 rings (SSSR count). The molecule has 0 unspecified atom stereocenters. The molecule has 0 bridgehead atoms. The monoisotopic (exact) mass is 220 g/mol. The summed E-state index contributed by atoms with van der Waals surface area (Å²) in [5, 5.41) is 13.5. The van der Waals surface area contributed by atoms with E-state index in [0.717, 1.165) is 16.5 Å². The fraction of sp³-hybridized carbons (Fsp3) is 0.273. The fourth-order valence-corrected chi connectivity index (χ4v) is 1.58. The molecule has 0 saturated carbocycles. The summed E-state index contributed by atoms with van der Waals surface area (Å²) in [6.45, 7) is 1.59. The molecule has 0 aliphatic rings. The van der Waals surface area contributed by atoms with Gasteiger partial charge in [0.2, 0.25) is 5.88 Å². The van der Waals surface area contributed by atoms with Crippen molar-refractivity contribution in [3.05, 3.63) is 23.8 Å². The summed E-state index contributed by atoms with van der Waals surface area (Å²) in [5.74, 6) is -0.643. The highest BCUT2D eigenvalue weighted by Gasteiger charge is 2.10. The Bertz CT molecular complexity index is 545.